The van der Waals surface area contributed by atoms with Crippen LogP contribution in [0.25, 0.3) is 10.8 Å². The van der Waals surface area contributed by atoms with E-state index in [4.69, 9.17) is 4.42 Å². The Kier molecular flexibility index (Phi) is 10.1. The Hall–Kier alpha value is -4.32. The molecule has 10 nitrogen and oxygen atoms in total. The fourth-order valence-corrected chi connectivity index (χ4v) is 5.67. The van der Waals surface area contributed by atoms with E-state index >= 15 is 0 Å². The molecule has 0 saturated heterocycles. The third-order valence-electron chi connectivity index (χ3n) is 7.32. The van der Waals surface area contributed by atoms with Crippen molar-refractivity contribution in [1.82, 2.24) is 10.8 Å². The zero-order chi connectivity index (χ0) is 31.1. The minimum absolute atomic E-state index is 0.00598. The number of carbonyl (C=O) groups excluding carboxylic acids is 3. The zero-order valence-electron chi connectivity index (χ0n) is 23.8. The third-order valence-corrected chi connectivity index (χ3v) is 8.19. The van der Waals surface area contributed by atoms with Gasteiger partial charge in [-0.2, -0.15) is 8.42 Å². The predicted octanol–water partition coefficient (Wildman–Crippen LogP) is 4.62. The van der Waals surface area contributed by atoms with Crippen molar-refractivity contribution in [3.63, 3.8) is 0 Å². The van der Waals surface area contributed by atoms with Crippen molar-refractivity contribution in [2.24, 2.45) is 17.8 Å². The molecule has 43 heavy (non-hydrogen) atoms. The number of furan rings is 1. The quantitative estimate of drug-likeness (QED) is 0.0742. The molecule has 4 rings (SSSR count). The first-order valence-corrected chi connectivity index (χ1v) is 15.3. The van der Waals surface area contributed by atoms with Gasteiger partial charge in [0, 0.05) is 6.42 Å². The van der Waals surface area contributed by atoms with Crippen molar-refractivity contribution in [2.75, 3.05) is 0 Å². The van der Waals surface area contributed by atoms with E-state index < -0.39 is 45.6 Å². The first-order valence-electron chi connectivity index (χ1n) is 13.8. The molecule has 11 heteroatoms. The van der Waals surface area contributed by atoms with E-state index in [1.54, 1.807) is 11.5 Å². The molecule has 1 unspecified atom stereocenters. The van der Waals surface area contributed by atoms with Gasteiger partial charge in [0.1, 0.15) is 0 Å². The van der Waals surface area contributed by atoms with Gasteiger partial charge in [-0.25, -0.2) is 5.48 Å². The fourth-order valence-electron chi connectivity index (χ4n) is 5.19. The molecule has 0 radical (unpaired) electrons. The van der Waals surface area contributed by atoms with Crippen LogP contribution in [0.4, 0.5) is 0 Å². The molecule has 4 N–H and O–H groups in total. The van der Waals surface area contributed by atoms with Crippen molar-refractivity contribution in [3.8, 4) is 0 Å². The van der Waals surface area contributed by atoms with Gasteiger partial charge in [0.2, 0.25) is 17.6 Å². The number of ketones is 1. The summed E-state index contributed by atoms with van der Waals surface area (Å²) in [5.74, 6) is -3.64. The average molecular weight is 607 g/mol. The lowest BCUT2D eigenvalue weighted by Gasteiger charge is -2.28. The highest BCUT2D eigenvalue weighted by Crippen LogP contribution is 2.27. The van der Waals surface area contributed by atoms with E-state index in [0.717, 1.165) is 16.3 Å². The number of hydroxylamine groups is 1. The van der Waals surface area contributed by atoms with Crippen LogP contribution in [0, 0.1) is 17.8 Å². The van der Waals surface area contributed by atoms with Gasteiger partial charge >= 0.3 is 0 Å². The lowest BCUT2D eigenvalue weighted by molar-refractivity contribution is -0.141. The van der Waals surface area contributed by atoms with Crippen molar-refractivity contribution in [1.29, 1.82) is 0 Å². The van der Waals surface area contributed by atoms with Crippen LogP contribution in [0.1, 0.15) is 41.9 Å². The molecule has 0 aliphatic carbocycles. The van der Waals surface area contributed by atoms with Crippen molar-refractivity contribution in [3.05, 3.63) is 102 Å². The van der Waals surface area contributed by atoms with Gasteiger partial charge in [-0.15, -0.1) is 0 Å². The van der Waals surface area contributed by atoms with E-state index in [2.05, 4.69) is 5.32 Å². The van der Waals surface area contributed by atoms with Crippen molar-refractivity contribution < 1.29 is 37.0 Å². The second kappa shape index (κ2) is 13.8. The van der Waals surface area contributed by atoms with Gasteiger partial charge in [-0.05, 0) is 64.9 Å². The summed E-state index contributed by atoms with van der Waals surface area (Å²) in [5, 5.41) is 14.4. The highest BCUT2D eigenvalue weighted by Gasteiger charge is 2.36. The molecule has 1 aromatic heterocycles. The number of amides is 2. The smallest absolute Gasteiger partial charge is 0.294 e. The summed E-state index contributed by atoms with van der Waals surface area (Å²) in [4.78, 5) is 40.1. The molecular weight excluding hydrogens is 572 g/mol. The standard InChI is InChI=1S/C32H34N2O8S/c1-20(2)16-26(27(32(37)34-38)18-22-9-12-23-6-3-4-7-24(23)17-22)31(36)33-28(30(35)29-8-5-15-42-29)19-21-10-13-25(14-11-21)43(39,40)41/h3-15,17,20,26-28,38H,16,18-19H2,1-2H3,(H,33,36)(H,34,37)(H,39,40,41)/t26-,27?,28-/m0/s1. The molecule has 3 atom stereocenters. The monoisotopic (exact) mass is 606 g/mol. The molecular formula is C32H34N2O8S. The van der Waals surface area contributed by atoms with E-state index in [1.165, 1.54) is 36.6 Å². The van der Waals surface area contributed by atoms with Crippen LogP contribution in [0.15, 0.2) is 94.4 Å². The lowest BCUT2D eigenvalue weighted by atomic mass is 9.80. The van der Waals surface area contributed by atoms with Crippen LogP contribution in [-0.4, -0.2) is 41.8 Å². The number of benzene rings is 3. The number of Topliss-reactive ketones (excluding diaryl/α,β-unsaturated/α-hetero) is 1. The maximum atomic E-state index is 13.9. The molecule has 1 heterocycles. The highest BCUT2D eigenvalue weighted by atomic mass is 32.2. The number of fused-ring (bicyclic) bond motifs is 1. The minimum atomic E-state index is -4.41. The Morgan fingerprint density at radius 1 is 0.814 bits per heavy atom. The van der Waals surface area contributed by atoms with Gasteiger partial charge in [-0.3, -0.25) is 24.1 Å². The molecule has 0 bridgehead atoms. The number of carbonyl (C=O) groups is 3. The summed E-state index contributed by atoms with van der Waals surface area (Å²) in [6.45, 7) is 3.82. The average Bonchev–Trinajstić information content (AvgIpc) is 3.52. The zero-order valence-corrected chi connectivity index (χ0v) is 24.6. The molecule has 0 fully saturated rings. The number of nitrogens with one attached hydrogen (secondary N) is 2. The number of hydrogen-bond donors (Lipinski definition) is 4. The molecule has 0 saturated carbocycles. The van der Waals surface area contributed by atoms with E-state index in [-0.39, 0.29) is 29.4 Å². The van der Waals surface area contributed by atoms with Crippen molar-refractivity contribution >= 4 is 38.5 Å². The maximum absolute atomic E-state index is 13.9. The Balaban J connectivity index is 1.64. The first-order chi connectivity index (χ1) is 20.5. The second-order valence-corrected chi connectivity index (χ2v) is 12.4. The molecule has 3 aromatic carbocycles. The summed E-state index contributed by atoms with van der Waals surface area (Å²) >= 11 is 0. The molecule has 0 spiro atoms. The normalized spacial score (nSPS) is 13.8. The van der Waals surface area contributed by atoms with Gasteiger partial charge in [0.25, 0.3) is 10.1 Å². The van der Waals surface area contributed by atoms with Crippen molar-refractivity contribution in [2.45, 2.75) is 44.0 Å². The molecule has 2 amide bonds. The molecule has 0 aliphatic heterocycles. The van der Waals surface area contributed by atoms with Crippen LogP contribution >= 0.6 is 0 Å². The van der Waals surface area contributed by atoms with E-state index in [0.29, 0.717) is 12.0 Å². The highest BCUT2D eigenvalue weighted by molar-refractivity contribution is 7.85. The predicted molar refractivity (Wildman–Crippen MR) is 159 cm³/mol. The van der Waals surface area contributed by atoms with Gasteiger partial charge in [0.05, 0.1) is 29.0 Å². The topological polar surface area (TPSA) is 163 Å². The number of rotatable bonds is 13. The maximum Gasteiger partial charge on any atom is 0.294 e. The minimum Gasteiger partial charge on any atom is -0.461 e. The third kappa shape index (κ3) is 8.16. The second-order valence-electron chi connectivity index (χ2n) is 10.9. The summed E-state index contributed by atoms with van der Waals surface area (Å²) < 4.78 is 37.5. The Morgan fingerprint density at radius 3 is 2.09 bits per heavy atom. The summed E-state index contributed by atoms with van der Waals surface area (Å²) in [6, 6.07) is 20.7. The SMILES string of the molecule is CC(C)C[C@H](C(=O)N[C@@H](Cc1ccc(S(=O)(=O)O)cc1)C(=O)c1ccco1)C(Cc1ccc2ccccc2c1)C(=O)NO. The van der Waals surface area contributed by atoms with Crippen LogP contribution in [0.3, 0.4) is 0 Å². The summed E-state index contributed by atoms with van der Waals surface area (Å²) in [5.41, 5.74) is 3.03. The Labute approximate surface area is 249 Å². The lowest BCUT2D eigenvalue weighted by Crippen LogP contribution is -2.49. The summed E-state index contributed by atoms with van der Waals surface area (Å²) in [7, 11) is -4.41. The first kappa shape index (κ1) is 31.6. The van der Waals surface area contributed by atoms with E-state index in [1.807, 2.05) is 56.3 Å². The van der Waals surface area contributed by atoms with Gasteiger partial charge < -0.3 is 9.73 Å². The largest absolute Gasteiger partial charge is 0.461 e. The van der Waals surface area contributed by atoms with Crippen LogP contribution in [0.5, 0.6) is 0 Å². The van der Waals surface area contributed by atoms with Crippen LogP contribution in [0.2, 0.25) is 0 Å². The van der Waals surface area contributed by atoms with Gasteiger partial charge in [-0.1, -0.05) is 68.4 Å². The van der Waals surface area contributed by atoms with Crippen LogP contribution in [-0.2, 0) is 32.5 Å². The molecule has 4 aromatic rings. The number of hydrogen-bond acceptors (Lipinski definition) is 7. The molecule has 226 valence electrons. The Morgan fingerprint density at radius 2 is 1.49 bits per heavy atom. The van der Waals surface area contributed by atoms with E-state index in [9.17, 15) is 32.6 Å². The van der Waals surface area contributed by atoms with Crippen LogP contribution < -0.4 is 10.8 Å². The molecule has 0 aliphatic rings. The summed E-state index contributed by atoms with van der Waals surface area (Å²) in [6.07, 6.45) is 1.77. The van der Waals surface area contributed by atoms with Gasteiger partial charge in [0.15, 0.2) is 5.76 Å². The Bertz CT molecular complexity index is 1680. The fraction of sp³-hybridized carbons (Fsp3) is 0.281.